The van der Waals surface area contributed by atoms with Gasteiger partial charge in [-0.15, -0.1) is 0 Å². The van der Waals surface area contributed by atoms with Crippen LogP contribution in [0.2, 0.25) is 0 Å². The monoisotopic (exact) mass is 367 g/mol. The van der Waals surface area contributed by atoms with E-state index in [1.165, 1.54) is 6.21 Å². The van der Waals surface area contributed by atoms with E-state index in [9.17, 15) is 0 Å². The van der Waals surface area contributed by atoms with E-state index >= 15 is 0 Å². The number of anilines is 1. The number of ether oxygens (including phenoxy) is 2. The van der Waals surface area contributed by atoms with Crippen molar-refractivity contribution in [3.05, 3.63) is 36.3 Å². The first-order chi connectivity index (χ1) is 13.2. The van der Waals surface area contributed by atoms with Gasteiger partial charge in [-0.25, -0.2) is 4.99 Å². The number of rotatable bonds is 8. The smallest absolute Gasteiger partial charge is 0.153 e. The van der Waals surface area contributed by atoms with Crippen molar-refractivity contribution in [1.82, 2.24) is 15.5 Å². The number of H-pyrrole nitrogens is 1. The molecular weight excluding hydrogens is 346 g/mol. The van der Waals surface area contributed by atoms with Crippen molar-refractivity contribution in [2.75, 3.05) is 25.6 Å². The molecule has 5 N–H and O–H groups in total. The lowest BCUT2D eigenvalue weighted by molar-refractivity contribution is 0.312. The average molecular weight is 367 g/mol. The maximum absolute atomic E-state index is 8.85. The summed E-state index contributed by atoms with van der Waals surface area (Å²) in [7, 11) is 1.61. The molecule has 0 aliphatic carbocycles. The largest absolute Gasteiger partial charge is 0.496 e. The Labute approximate surface area is 156 Å². The first-order valence-electron chi connectivity index (χ1n) is 8.48. The summed E-state index contributed by atoms with van der Waals surface area (Å²) in [6.45, 7) is 1.08. The number of hydrogen-bond acceptors (Lipinski definition) is 8. The Morgan fingerprint density at radius 2 is 2.22 bits per heavy atom. The van der Waals surface area contributed by atoms with Crippen LogP contribution < -0.4 is 25.8 Å². The molecule has 1 unspecified atom stereocenters. The third kappa shape index (κ3) is 4.37. The van der Waals surface area contributed by atoms with Crippen LogP contribution in [-0.2, 0) is 0 Å². The second-order valence-electron chi connectivity index (χ2n) is 5.70. The van der Waals surface area contributed by atoms with E-state index in [0.717, 1.165) is 17.7 Å². The summed E-state index contributed by atoms with van der Waals surface area (Å²) in [6.07, 6.45) is 3.92. The van der Waals surface area contributed by atoms with Gasteiger partial charge in [0, 0.05) is 18.5 Å². The van der Waals surface area contributed by atoms with E-state index in [2.05, 4.69) is 31.9 Å². The van der Waals surface area contributed by atoms with Gasteiger partial charge in [0.1, 0.15) is 23.4 Å². The molecule has 0 saturated heterocycles. The molecule has 140 valence electrons. The lowest BCUT2D eigenvalue weighted by Gasteiger charge is -2.13. The van der Waals surface area contributed by atoms with Crippen LogP contribution in [0.3, 0.4) is 0 Å². The van der Waals surface area contributed by atoms with Gasteiger partial charge in [0.05, 0.1) is 31.0 Å². The summed E-state index contributed by atoms with van der Waals surface area (Å²) in [5.41, 5.74) is 7.05. The zero-order valence-corrected chi connectivity index (χ0v) is 14.9. The van der Waals surface area contributed by atoms with Crippen molar-refractivity contribution in [3.8, 4) is 28.8 Å². The highest BCUT2D eigenvalue weighted by atomic mass is 16.5. The van der Waals surface area contributed by atoms with Gasteiger partial charge in [0.15, 0.2) is 5.82 Å². The molecule has 1 aliphatic heterocycles. The molecule has 1 aromatic heterocycles. The van der Waals surface area contributed by atoms with Gasteiger partial charge < -0.3 is 25.8 Å². The second-order valence-corrected chi connectivity index (χ2v) is 5.70. The van der Waals surface area contributed by atoms with Gasteiger partial charge in [0.25, 0.3) is 0 Å². The molecule has 0 amide bonds. The molecule has 0 spiro atoms. The van der Waals surface area contributed by atoms with Crippen LogP contribution >= 0.6 is 0 Å². The van der Waals surface area contributed by atoms with Crippen molar-refractivity contribution in [1.29, 1.82) is 5.26 Å². The predicted octanol–water partition coefficient (Wildman–Crippen LogP) is 1.59. The zero-order valence-electron chi connectivity index (χ0n) is 14.9. The zero-order chi connectivity index (χ0) is 19.1. The standard InChI is InChI=1S/C18H21N7O2/c1-26-14-4-2-5-15(27-7-3-6-19)18(14)13-8-16(25-24-13)23-17-11-21-12(9-20)10-22-17/h2,4-5,8,10-12,21H,3,6-7,19H2,1H3,(H2,23,24,25). The number of nitrogens with one attached hydrogen (secondary N) is 3. The number of nitrogens with zero attached hydrogens (tertiary/aromatic N) is 3. The lowest BCUT2D eigenvalue weighted by atomic mass is 10.1. The molecule has 9 heteroatoms. The Hall–Kier alpha value is -3.51. The maximum Gasteiger partial charge on any atom is 0.153 e. The SMILES string of the molecule is COc1cccc(OCCCN)c1-c1cc(NC2=CNC(C#N)C=N2)n[nH]1. The van der Waals surface area contributed by atoms with Crippen LogP contribution in [0.5, 0.6) is 11.5 Å². The minimum atomic E-state index is -0.424. The van der Waals surface area contributed by atoms with E-state index in [4.69, 9.17) is 20.5 Å². The van der Waals surface area contributed by atoms with Gasteiger partial charge in [-0.05, 0) is 25.1 Å². The molecule has 0 saturated carbocycles. The second kappa shape index (κ2) is 8.73. The fourth-order valence-corrected chi connectivity index (χ4v) is 2.52. The predicted molar refractivity (Wildman–Crippen MR) is 102 cm³/mol. The third-order valence-corrected chi connectivity index (χ3v) is 3.82. The van der Waals surface area contributed by atoms with E-state index in [1.54, 1.807) is 13.3 Å². The highest BCUT2D eigenvalue weighted by Gasteiger charge is 2.16. The number of aliphatic imine (C=N–C) groups is 1. The molecule has 27 heavy (non-hydrogen) atoms. The molecule has 3 rings (SSSR count). The van der Waals surface area contributed by atoms with Crippen molar-refractivity contribution in [2.45, 2.75) is 12.5 Å². The summed E-state index contributed by atoms with van der Waals surface area (Å²) >= 11 is 0. The Morgan fingerprint density at radius 3 is 2.93 bits per heavy atom. The highest BCUT2D eigenvalue weighted by Crippen LogP contribution is 2.38. The third-order valence-electron chi connectivity index (χ3n) is 3.82. The molecule has 0 radical (unpaired) electrons. The van der Waals surface area contributed by atoms with Gasteiger partial charge >= 0.3 is 0 Å². The van der Waals surface area contributed by atoms with Crippen LogP contribution in [0.1, 0.15) is 6.42 Å². The summed E-state index contributed by atoms with van der Waals surface area (Å²) in [6, 6.07) is 9.08. The number of aromatic amines is 1. The molecule has 2 aromatic rings. The molecule has 1 atom stereocenters. The van der Waals surface area contributed by atoms with E-state index in [0.29, 0.717) is 36.3 Å². The Morgan fingerprint density at radius 1 is 1.37 bits per heavy atom. The van der Waals surface area contributed by atoms with Gasteiger partial charge in [0.2, 0.25) is 0 Å². The van der Waals surface area contributed by atoms with Crippen molar-refractivity contribution >= 4 is 12.0 Å². The fraction of sp³-hybridized carbons (Fsp3) is 0.278. The Balaban J connectivity index is 1.80. The number of hydrogen-bond donors (Lipinski definition) is 4. The first-order valence-corrected chi connectivity index (χ1v) is 8.48. The number of methoxy groups -OCH3 is 1. The average Bonchev–Trinajstić information content (AvgIpc) is 3.16. The number of nitriles is 1. The molecule has 1 aliphatic rings. The van der Waals surface area contributed by atoms with Crippen LogP contribution in [0.25, 0.3) is 11.3 Å². The Kier molecular flexibility index (Phi) is 5.91. The van der Waals surface area contributed by atoms with Crippen molar-refractivity contribution in [3.63, 3.8) is 0 Å². The minimum Gasteiger partial charge on any atom is -0.496 e. The molecular formula is C18H21N7O2. The topological polar surface area (TPSA) is 133 Å². The van der Waals surface area contributed by atoms with Gasteiger partial charge in [-0.3, -0.25) is 5.10 Å². The molecule has 9 nitrogen and oxygen atoms in total. The normalized spacial score (nSPS) is 15.4. The minimum absolute atomic E-state index is 0.424. The number of benzene rings is 1. The van der Waals surface area contributed by atoms with Crippen molar-refractivity contribution < 1.29 is 9.47 Å². The molecule has 0 bridgehead atoms. The summed E-state index contributed by atoms with van der Waals surface area (Å²) in [4.78, 5) is 4.19. The van der Waals surface area contributed by atoms with Crippen LogP contribution in [-0.4, -0.2) is 42.7 Å². The number of nitrogens with two attached hydrogens (primary N) is 1. The van der Waals surface area contributed by atoms with Gasteiger partial charge in [-0.1, -0.05) is 6.07 Å². The fourth-order valence-electron chi connectivity index (χ4n) is 2.52. The van der Waals surface area contributed by atoms with E-state index in [-0.39, 0.29) is 0 Å². The molecule has 2 heterocycles. The van der Waals surface area contributed by atoms with Crippen LogP contribution in [0, 0.1) is 11.3 Å². The quantitative estimate of drug-likeness (QED) is 0.521. The van der Waals surface area contributed by atoms with Crippen LogP contribution in [0.15, 0.2) is 41.3 Å². The molecule has 0 fully saturated rings. The van der Waals surface area contributed by atoms with Gasteiger partial charge in [-0.2, -0.15) is 10.4 Å². The summed E-state index contributed by atoms with van der Waals surface area (Å²) in [5, 5.41) is 22.1. The van der Waals surface area contributed by atoms with E-state index in [1.807, 2.05) is 24.3 Å². The molecule has 1 aromatic carbocycles. The summed E-state index contributed by atoms with van der Waals surface area (Å²) < 4.78 is 11.3. The summed E-state index contributed by atoms with van der Waals surface area (Å²) in [5.74, 6) is 2.48. The lowest BCUT2D eigenvalue weighted by Crippen LogP contribution is -2.28. The Bertz CT molecular complexity index is 882. The first kappa shape index (κ1) is 18.3. The number of aromatic nitrogens is 2. The maximum atomic E-state index is 8.85. The van der Waals surface area contributed by atoms with Crippen molar-refractivity contribution in [2.24, 2.45) is 10.7 Å². The highest BCUT2D eigenvalue weighted by molar-refractivity contribution is 5.76. The van der Waals surface area contributed by atoms with Crippen LogP contribution in [0.4, 0.5) is 5.82 Å². The van der Waals surface area contributed by atoms with E-state index < -0.39 is 6.04 Å².